The zero-order valence-electron chi connectivity index (χ0n) is 18.2. The first-order chi connectivity index (χ1) is 15.3. The fraction of sp³-hybridized carbons (Fsp3) is 0.417. The molecule has 3 rings (SSSR count). The fourth-order valence-corrected chi connectivity index (χ4v) is 3.45. The average molecular weight is 443 g/mol. The number of carbonyl (C=O) groups is 2. The van der Waals surface area contributed by atoms with Crippen LogP contribution in [-0.4, -0.2) is 53.6 Å². The number of amides is 1. The molecule has 1 aliphatic rings. The number of aliphatic hydroxyl groups excluding tert-OH is 1. The Hall–Kier alpha value is -3.10. The van der Waals surface area contributed by atoms with Gasteiger partial charge >= 0.3 is 5.97 Å². The Labute approximate surface area is 187 Å². The highest BCUT2D eigenvalue weighted by atomic mass is 16.5. The molecule has 0 bridgehead atoms. The van der Waals surface area contributed by atoms with Crippen LogP contribution in [0.5, 0.6) is 11.5 Å². The third-order valence-electron chi connectivity index (χ3n) is 4.91. The molecule has 3 N–H and O–H groups in total. The van der Waals surface area contributed by atoms with Gasteiger partial charge in [-0.2, -0.15) is 0 Å². The van der Waals surface area contributed by atoms with Crippen LogP contribution in [0.25, 0.3) is 0 Å². The summed E-state index contributed by atoms with van der Waals surface area (Å²) in [7, 11) is 0. The number of aliphatic hydroxyl groups is 1. The molecule has 1 amide bonds. The SMILES string of the molecule is CC(C)OC(Cc1cccc(OCC(O)COc2cccc3c2CCC(=O)N3)c1)C(=O)O. The lowest BCUT2D eigenvalue weighted by Crippen LogP contribution is -2.29. The van der Waals surface area contributed by atoms with Gasteiger partial charge in [-0.25, -0.2) is 4.79 Å². The highest BCUT2D eigenvalue weighted by Crippen LogP contribution is 2.31. The molecule has 0 radical (unpaired) electrons. The van der Waals surface area contributed by atoms with E-state index in [1.165, 1.54) is 0 Å². The predicted molar refractivity (Wildman–Crippen MR) is 118 cm³/mol. The van der Waals surface area contributed by atoms with Crippen LogP contribution in [0.4, 0.5) is 5.69 Å². The van der Waals surface area contributed by atoms with E-state index in [2.05, 4.69) is 5.32 Å². The number of carboxylic acid groups (broad SMARTS) is 1. The Balaban J connectivity index is 1.52. The first-order valence-electron chi connectivity index (χ1n) is 10.6. The van der Waals surface area contributed by atoms with Crippen LogP contribution in [0.2, 0.25) is 0 Å². The molecule has 0 aromatic heterocycles. The molecule has 8 heteroatoms. The van der Waals surface area contributed by atoms with Gasteiger partial charge in [0.25, 0.3) is 0 Å². The van der Waals surface area contributed by atoms with Crippen molar-refractivity contribution in [3.8, 4) is 11.5 Å². The summed E-state index contributed by atoms with van der Waals surface area (Å²) in [6.45, 7) is 3.63. The maximum absolute atomic E-state index is 11.5. The van der Waals surface area contributed by atoms with Gasteiger partial charge in [-0.05, 0) is 50.1 Å². The molecule has 0 fully saturated rings. The third-order valence-corrected chi connectivity index (χ3v) is 4.91. The van der Waals surface area contributed by atoms with Crippen LogP contribution < -0.4 is 14.8 Å². The van der Waals surface area contributed by atoms with Crippen molar-refractivity contribution in [3.63, 3.8) is 0 Å². The summed E-state index contributed by atoms with van der Waals surface area (Å²) < 4.78 is 16.9. The maximum atomic E-state index is 11.5. The number of fused-ring (bicyclic) bond motifs is 1. The molecule has 32 heavy (non-hydrogen) atoms. The summed E-state index contributed by atoms with van der Waals surface area (Å²) in [5.74, 6) is 0.125. The molecule has 8 nitrogen and oxygen atoms in total. The van der Waals surface area contributed by atoms with Gasteiger partial charge in [0.1, 0.15) is 30.8 Å². The molecule has 1 heterocycles. The topological polar surface area (TPSA) is 114 Å². The van der Waals surface area contributed by atoms with E-state index in [4.69, 9.17) is 14.2 Å². The van der Waals surface area contributed by atoms with Crippen LogP contribution in [0.3, 0.4) is 0 Å². The predicted octanol–water partition coefficient (Wildman–Crippen LogP) is 2.81. The van der Waals surface area contributed by atoms with Gasteiger partial charge in [-0.1, -0.05) is 18.2 Å². The molecule has 0 saturated heterocycles. The number of hydrogen-bond donors (Lipinski definition) is 3. The van der Waals surface area contributed by atoms with Crippen molar-refractivity contribution in [2.24, 2.45) is 0 Å². The summed E-state index contributed by atoms with van der Waals surface area (Å²) in [6, 6.07) is 12.5. The van der Waals surface area contributed by atoms with Gasteiger partial charge in [0.2, 0.25) is 5.91 Å². The first-order valence-corrected chi connectivity index (χ1v) is 10.6. The highest BCUT2D eigenvalue weighted by Gasteiger charge is 2.21. The minimum absolute atomic E-state index is 0.0140. The number of aliphatic carboxylic acids is 1. The van der Waals surface area contributed by atoms with E-state index >= 15 is 0 Å². The number of nitrogens with one attached hydrogen (secondary N) is 1. The number of rotatable bonds is 11. The van der Waals surface area contributed by atoms with E-state index in [9.17, 15) is 19.8 Å². The highest BCUT2D eigenvalue weighted by molar-refractivity contribution is 5.94. The molecule has 2 aromatic carbocycles. The van der Waals surface area contributed by atoms with E-state index < -0.39 is 18.2 Å². The number of carbonyl (C=O) groups excluding carboxylic acids is 1. The van der Waals surface area contributed by atoms with Crippen molar-refractivity contribution < 1.29 is 34.0 Å². The molecule has 2 aromatic rings. The van der Waals surface area contributed by atoms with Crippen molar-refractivity contribution in [3.05, 3.63) is 53.6 Å². The molecule has 0 aliphatic carbocycles. The number of anilines is 1. The smallest absolute Gasteiger partial charge is 0.333 e. The second-order valence-corrected chi connectivity index (χ2v) is 7.97. The Morgan fingerprint density at radius 3 is 2.59 bits per heavy atom. The number of benzene rings is 2. The van der Waals surface area contributed by atoms with Gasteiger partial charge in [0.15, 0.2) is 6.10 Å². The summed E-state index contributed by atoms with van der Waals surface area (Å²) in [4.78, 5) is 23.0. The molecule has 2 unspecified atom stereocenters. The van der Waals surface area contributed by atoms with Crippen LogP contribution >= 0.6 is 0 Å². The van der Waals surface area contributed by atoms with Crippen LogP contribution in [-0.2, 0) is 27.2 Å². The van der Waals surface area contributed by atoms with E-state index in [0.717, 1.165) is 16.8 Å². The van der Waals surface area contributed by atoms with Crippen molar-refractivity contribution >= 4 is 17.6 Å². The zero-order valence-corrected chi connectivity index (χ0v) is 18.2. The Morgan fingerprint density at radius 1 is 1.09 bits per heavy atom. The van der Waals surface area contributed by atoms with E-state index in [1.54, 1.807) is 38.1 Å². The quantitative estimate of drug-likeness (QED) is 0.489. The van der Waals surface area contributed by atoms with E-state index in [-0.39, 0.29) is 31.6 Å². The normalized spacial score (nSPS) is 14.9. The summed E-state index contributed by atoms with van der Waals surface area (Å²) >= 11 is 0. The molecule has 172 valence electrons. The monoisotopic (exact) mass is 443 g/mol. The third kappa shape index (κ3) is 6.70. The second-order valence-electron chi connectivity index (χ2n) is 7.97. The van der Waals surface area contributed by atoms with Gasteiger partial charge in [0, 0.05) is 24.1 Å². The van der Waals surface area contributed by atoms with Gasteiger partial charge in [-0.15, -0.1) is 0 Å². The second kappa shape index (κ2) is 11.0. The first kappa shape index (κ1) is 23.6. The van der Waals surface area contributed by atoms with Crippen molar-refractivity contribution in [1.82, 2.24) is 0 Å². The van der Waals surface area contributed by atoms with Gasteiger partial charge in [0.05, 0.1) is 6.10 Å². The minimum Gasteiger partial charge on any atom is -0.491 e. The lowest BCUT2D eigenvalue weighted by molar-refractivity contribution is -0.153. The molecular weight excluding hydrogens is 414 g/mol. The van der Waals surface area contributed by atoms with Crippen molar-refractivity contribution in [1.29, 1.82) is 0 Å². The number of carboxylic acids is 1. The van der Waals surface area contributed by atoms with Crippen molar-refractivity contribution in [2.45, 2.75) is 51.4 Å². The Kier molecular flexibility index (Phi) is 8.08. The Bertz CT molecular complexity index is 944. The lowest BCUT2D eigenvalue weighted by atomic mass is 10.0. The number of ether oxygens (including phenoxy) is 3. The molecule has 0 saturated carbocycles. The largest absolute Gasteiger partial charge is 0.491 e. The standard InChI is InChI=1S/C24H29NO7/c1-15(2)32-22(24(28)29)12-16-5-3-6-18(11-16)30-13-17(26)14-31-21-8-4-7-20-19(21)9-10-23(27)25-20/h3-8,11,15,17,22,26H,9-10,12-14H2,1-2H3,(H,25,27)(H,28,29). The van der Waals surface area contributed by atoms with Crippen LogP contribution in [0.15, 0.2) is 42.5 Å². The average Bonchev–Trinajstić information content (AvgIpc) is 2.75. The lowest BCUT2D eigenvalue weighted by Gasteiger charge is -2.21. The zero-order chi connectivity index (χ0) is 23.1. The molecule has 0 spiro atoms. The maximum Gasteiger partial charge on any atom is 0.333 e. The molecular formula is C24H29NO7. The summed E-state index contributed by atoms with van der Waals surface area (Å²) in [5.41, 5.74) is 2.42. The van der Waals surface area contributed by atoms with Gasteiger partial charge in [-0.3, -0.25) is 4.79 Å². The van der Waals surface area contributed by atoms with E-state index in [1.807, 2.05) is 18.2 Å². The van der Waals surface area contributed by atoms with Crippen molar-refractivity contribution in [2.75, 3.05) is 18.5 Å². The minimum atomic E-state index is -1.01. The van der Waals surface area contributed by atoms with Crippen LogP contribution in [0, 0.1) is 0 Å². The Morgan fingerprint density at radius 2 is 1.84 bits per heavy atom. The summed E-state index contributed by atoms with van der Waals surface area (Å²) in [6.07, 6.45) is -0.798. The molecule has 1 aliphatic heterocycles. The summed E-state index contributed by atoms with van der Waals surface area (Å²) in [5, 5.41) is 22.5. The fourth-order valence-electron chi connectivity index (χ4n) is 3.45. The van der Waals surface area contributed by atoms with E-state index in [0.29, 0.717) is 24.3 Å². The van der Waals surface area contributed by atoms with Crippen LogP contribution in [0.1, 0.15) is 31.4 Å². The molecule has 2 atom stereocenters. The van der Waals surface area contributed by atoms with Gasteiger partial charge < -0.3 is 29.7 Å². The number of hydrogen-bond acceptors (Lipinski definition) is 6.